The Bertz CT molecular complexity index is 912. The summed E-state index contributed by atoms with van der Waals surface area (Å²) in [7, 11) is 2.07. The van der Waals surface area contributed by atoms with E-state index < -0.39 is 0 Å². The number of rotatable bonds is 1. The van der Waals surface area contributed by atoms with Crippen molar-refractivity contribution in [1.29, 1.82) is 0 Å². The lowest BCUT2D eigenvalue weighted by atomic mass is 10.1. The molecule has 4 rings (SSSR count). The predicted molar refractivity (Wildman–Crippen MR) is 94.3 cm³/mol. The summed E-state index contributed by atoms with van der Waals surface area (Å²) in [4.78, 5) is 7.02. The maximum absolute atomic E-state index is 4.72. The number of para-hydroxylation sites is 2. The van der Waals surface area contributed by atoms with E-state index in [0.717, 1.165) is 28.4 Å². The third-order valence-corrected chi connectivity index (χ3v) is 4.22. The largest absolute Gasteiger partial charge is 0.286 e. The minimum absolute atomic E-state index is 0.991. The highest BCUT2D eigenvalue weighted by molar-refractivity contribution is 5.99. The number of pyridine rings is 1. The highest BCUT2D eigenvalue weighted by Crippen LogP contribution is 2.43. The van der Waals surface area contributed by atoms with Crippen LogP contribution in [0.15, 0.2) is 71.9 Å². The highest BCUT2D eigenvalue weighted by Gasteiger charge is 2.30. The standard InChI is InChI=1S/C20H18N3/c1-15-8-7-10-17-20(15)23(19-12-5-6-13-22(19)2)18-11-4-3-9-16(18)14-21-17/h3-14H,1-2H3/q+1. The minimum atomic E-state index is 0.991. The van der Waals surface area contributed by atoms with E-state index in [0.29, 0.717) is 0 Å². The van der Waals surface area contributed by atoms with Gasteiger partial charge in [0, 0.05) is 17.8 Å². The molecule has 0 unspecified atom stereocenters. The molecule has 0 saturated carbocycles. The fourth-order valence-electron chi connectivity index (χ4n) is 3.08. The van der Waals surface area contributed by atoms with Gasteiger partial charge in [-0.1, -0.05) is 30.3 Å². The van der Waals surface area contributed by atoms with Gasteiger partial charge in [0.15, 0.2) is 5.69 Å². The molecule has 112 valence electrons. The fourth-order valence-corrected chi connectivity index (χ4v) is 3.08. The van der Waals surface area contributed by atoms with Gasteiger partial charge in [0.25, 0.3) is 5.82 Å². The maximum atomic E-state index is 4.72. The number of benzene rings is 2. The van der Waals surface area contributed by atoms with Crippen molar-refractivity contribution in [2.24, 2.45) is 12.0 Å². The van der Waals surface area contributed by atoms with Crippen LogP contribution >= 0.6 is 0 Å². The van der Waals surface area contributed by atoms with Gasteiger partial charge >= 0.3 is 0 Å². The molecule has 0 radical (unpaired) electrons. The smallest absolute Gasteiger partial charge is 0.252 e. The van der Waals surface area contributed by atoms with Crippen LogP contribution < -0.4 is 9.47 Å². The highest BCUT2D eigenvalue weighted by atomic mass is 15.2. The Labute approximate surface area is 136 Å². The second-order valence-corrected chi connectivity index (χ2v) is 5.76. The molecule has 1 aliphatic rings. The molecule has 0 atom stereocenters. The lowest BCUT2D eigenvalue weighted by Gasteiger charge is -2.20. The molecular weight excluding hydrogens is 282 g/mol. The van der Waals surface area contributed by atoms with E-state index in [2.05, 4.69) is 84.2 Å². The lowest BCUT2D eigenvalue weighted by Crippen LogP contribution is -2.35. The van der Waals surface area contributed by atoms with Crippen LogP contribution in [-0.4, -0.2) is 6.21 Å². The van der Waals surface area contributed by atoms with Crippen molar-refractivity contribution in [2.45, 2.75) is 6.92 Å². The topological polar surface area (TPSA) is 19.5 Å². The molecule has 3 heteroatoms. The van der Waals surface area contributed by atoms with Crippen molar-refractivity contribution < 1.29 is 4.57 Å². The number of fused-ring (bicyclic) bond motifs is 2. The summed E-state index contributed by atoms with van der Waals surface area (Å²) in [5.74, 6) is 1.11. The third kappa shape index (κ3) is 2.21. The van der Waals surface area contributed by atoms with E-state index in [1.165, 1.54) is 5.56 Å². The number of aryl methyl sites for hydroxylation is 2. The van der Waals surface area contributed by atoms with Crippen LogP contribution in [0.4, 0.5) is 22.9 Å². The van der Waals surface area contributed by atoms with Crippen LogP contribution in [0.5, 0.6) is 0 Å². The normalized spacial score (nSPS) is 12.5. The zero-order valence-electron chi connectivity index (χ0n) is 13.3. The Hall–Kier alpha value is -2.94. The molecule has 3 aromatic rings. The number of hydrogen-bond acceptors (Lipinski definition) is 2. The fraction of sp³-hybridized carbons (Fsp3) is 0.100. The molecule has 23 heavy (non-hydrogen) atoms. The molecule has 0 bridgehead atoms. The first-order chi connectivity index (χ1) is 11.3. The summed E-state index contributed by atoms with van der Waals surface area (Å²) in [6, 6.07) is 20.9. The van der Waals surface area contributed by atoms with Crippen molar-refractivity contribution in [2.75, 3.05) is 4.90 Å². The van der Waals surface area contributed by atoms with Gasteiger partial charge in [0.05, 0.1) is 13.2 Å². The summed E-state index contributed by atoms with van der Waals surface area (Å²) in [6.07, 6.45) is 4.03. The van der Waals surface area contributed by atoms with E-state index in [4.69, 9.17) is 4.99 Å². The Kier molecular flexibility index (Phi) is 3.19. The number of aliphatic imine (C=N–C) groups is 1. The average Bonchev–Trinajstić information content (AvgIpc) is 2.74. The van der Waals surface area contributed by atoms with Crippen LogP contribution in [0.1, 0.15) is 11.1 Å². The van der Waals surface area contributed by atoms with Crippen molar-refractivity contribution in [3.05, 3.63) is 78.0 Å². The predicted octanol–water partition coefficient (Wildman–Crippen LogP) is 4.35. The van der Waals surface area contributed by atoms with Gasteiger partial charge in [-0.15, -0.1) is 0 Å². The number of nitrogens with zero attached hydrogens (tertiary/aromatic N) is 3. The van der Waals surface area contributed by atoms with Crippen LogP contribution in [0.25, 0.3) is 0 Å². The summed E-state index contributed by atoms with van der Waals surface area (Å²) in [5, 5.41) is 0. The van der Waals surface area contributed by atoms with Crippen LogP contribution in [0, 0.1) is 6.92 Å². The SMILES string of the molecule is Cc1cccc2c1N(c1cccc[n+]1C)c1ccccc1C=N2. The summed E-state index contributed by atoms with van der Waals surface area (Å²) < 4.78 is 2.14. The quantitative estimate of drug-likeness (QED) is 0.478. The molecule has 3 nitrogen and oxygen atoms in total. The third-order valence-electron chi connectivity index (χ3n) is 4.22. The second kappa shape index (κ2) is 5.36. The van der Waals surface area contributed by atoms with Crippen LogP contribution in [-0.2, 0) is 7.05 Å². The molecular formula is C20H18N3+. The molecule has 0 saturated heterocycles. The average molecular weight is 300 g/mol. The van der Waals surface area contributed by atoms with E-state index in [9.17, 15) is 0 Å². The maximum Gasteiger partial charge on any atom is 0.286 e. The first kappa shape index (κ1) is 13.7. The van der Waals surface area contributed by atoms with Gasteiger partial charge in [-0.3, -0.25) is 4.99 Å². The molecule has 2 aromatic carbocycles. The van der Waals surface area contributed by atoms with Gasteiger partial charge in [-0.2, -0.15) is 4.90 Å². The van der Waals surface area contributed by atoms with Gasteiger partial charge < -0.3 is 0 Å². The van der Waals surface area contributed by atoms with Crippen LogP contribution in [0.3, 0.4) is 0 Å². The van der Waals surface area contributed by atoms with E-state index in [1.54, 1.807) is 0 Å². The zero-order chi connectivity index (χ0) is 15.8. The first-order valence-corrected chi connectivity index (χ1v) is 7.73. The zero-order valence-corrected chi connectivity index (χ0v) is 13.3. The summed E-state index contributed by atoms with van der Waals surface area (Å²) in [5.41, 5.74) is 5.60. The van der Waals surface area contributed by atoms with Gasteiger partial charge in [-0.05, 0) is 36.8 Å². The van der Waals surface area contributed by atoms with Gasteiger partial charge in [0.2, 0.25) is 0 Å². The van der Waals surface area contributed by atoms with Crippen molar-refractivity contribution in [3.63, 3.8) is 0 Å². The van der Waals surface area contributed by atoms with Crippen molar-refractivity contribution in [1.82, 2.24) is 0 Å². The lowest BCUT2D eigenvalue weighted by molar-refractivity contribution is -0.658. The van der Waals surface area contributed by atoms with Gasteiger partial charge in [-0.25, -0.2) is 4.57 Å². The molecule has 0 amide bonds. The molecule has 1 aromatic heterocycles. The molecule has 1 aliphatic heterocycles. The van der Waals surface area contributed by atoms with E-state index in [-0.39, 0.29) is 0 Å². The summed E-state index contributed by atoms with van der Waals surface area (Å²) >= 11 is 0. The van der Waals surface area contributed by atoms with E-state index >= 15 is 0 Å². The molecule has 0 spiro atoms. The molecule has 0 N–H and O–H groups in total. The molecule has 0 aliphatic carbocycles. The molecule has 2 heterocycles. The first-order valence-electron chi connectivity index (χ1n) is 7.73. The Morgan fingerprint density at radius 3 is 2.61 bits per heavy atom. The Balaban J connectivity index is 2.08. The molecule has 0 fully saturated rings. The Morgan fingerprint density at radius 1 is 0.913 bits per heavy atom. The van der Waals surface area contributed by atoms with E-state index in [1.807, 2.05) is 12.3 Å². The monoisotopic (exact) mass is 300 g/mol. The van der Waals surface area contributed by atoms with Crippen molar-refractivity contribution >= 4 is 29.1 Å². The van der Waals surface area contributed by atoms with Gasteiger partial charge in [0.1, 0.15) is 11.4 Å². The number of anilines is 3. The second-order valence-electron chi connectivity index (χ2n) is 5.76. The Morgan fingerprint density at radius 2 is 1.74 bits per heavy atom. The minimum Gasteiger partial charge on any atom is -0.252 e. The van der Waals surface area contributed by atoms with Crippen molar-refractivity contribution in [3.8, 4) is 0 Å². The van der Waals surface area contributed by atoms with Crippen LogP contribution in [0.2, 0.25) is 0 Å². The summed E-state index contributed by atoms with van der Waals surface area (Å²) in [6.45, 7) is 2.14. The number of aromatic nitrogens is 1. The number of hydrogen-bond donors (Lipinski definition) is 0.